The summed E-state index contributed by atoms with van der Waals surface area (Å²) in [4.78, 5) is 11.2. The third-order valence-electron chi connectivity index (χ3n) is 4.12. The van der Waals surface area contributed by atoms with E-state index in [1.807, 2.05) is 13.8 Å². The van der Waals surface area contributed by atoms with Crippen LogP contribution in [0.1, 0.15) is 48.0 Å². The van der Waals surface area contributed by atoms with Crippen LogP contribution in [0.5, 0.6) is 0 Å². The summed E-state index contributed by atoms with van der Waals surface area (Å²) in [7, 11) is 0. The van der Waals surface area contributed by atoms with Crippen molar-refractivity contribution in [3.05, 3.63) is 0 Å². The van der Waals surface area contributed by atoms with Crippen molar-refractivity contribution in [3.63, 3.8) is 0 Å². The first-order valence-corrected chi connectivity index (χ1v) is 7.26. The summed E-state index contributed by atoms with van der Waals surface area (Å²) in [6.07, 6.45) is 1.13. The summed E-state index contributed by atoms with van der Waals surface area (Å²) >= 11 is 0. The van der Waals surface area contributed by atoms with Crippen LogP contribution in [-0.4, -0.2) is 35.9 Å². The first-order chi connectivity index (χ1) is 8.66. The molecule has 0 aliphatic heterocycles. The smallest absolute Gasteiger partial charge is 0.320 e. The molecule has 0 bridgehead atoms. The van der Waals surface area contributed by atoms with Crippen molar-refractivity contribution in [1.29, 1.82) is 0 Å². The van der Waals surface area contributed by atoms with Gasteiger partial charge >= 0.3 is 5.97 Å². The Morgan fingerprint density at radius 2 is 1.95 bits per heavy atom. The van der Waals surface area contributed by atoms with Gasteiger partial charge in [0.1, 0.15) is 6.04 Å². The molecular weight excluding hydrogens is 242 g/mol. The second kappa shape index (κ2) is 6.23. The van der Waals surface area contributed by atoms with Crippen molar-refractivity contribution >= 4 is 5.97 Å². The van der Waals surface area contributed by atoms with Crippen LogP contribution in [0.25, 0.3) is 0 Å². The molecule has 1 rings (SSSR count). The normalized spacial score (nSPS) is 27.4. The maximum Gasteiger partial charge on any atom is 0.320 e. The summed E-state index contributed by atoms with van der Waals surface area (Å²) in [5.74, 6) is -0.147. The summed E-state index contributed by atoms with van der Waals surface area (Å²) < 4.78 is 5.90. The maximum atomic E-state index is 11.2. The van der Waals surface area contributed by atoms with Crippen molar-refractivity contribution < 1.29 is 14.6 Å². The highest BCUT2D eigenvalue weighted by Gasteiger charge is 2.50. The molecule has 0 aromatic rings. The van der Waals surface area contributed by atoms with E-state index in [1.54, 1.807) is 0 Å². The van der Waals surface area contributed by atoms with Gasteiger partial charge in [0.15, 0.2) is 0 Å². The molecule has 0 aromatic carbocycles. The predicted octanol–water partition coefficient (Wildman–Crippen LogP) is 2.52. The standard InChI is InChI=1S/C15H29NO3/c1-9(2)8-19-12-7-11(15(12,5)6)16-13(10(3)4)14(17)18/h9-13,16H,7-8H2,1-6H3,(H,17,18). The fourth-order valence-corrected chi connectivity index (χ4v) is 2.53. The van der Waals surface area contributed by atoms with Gasteiger partial charge in [0.05, 0.1) is 6.10 Å². The minimum atomic E-state index is -0.766. The van der Waals surface area contributed by atoms with Gasteiger partial charge in [-0.2, -0.15) is 0 Å². The Bertz CT molecular complexity index is 313. The molecule has 0 heterocycles. The fraction of sp³-hybridized carbons (Fsp3) is 0.933. The Kier molecular flexibility index (Phi) is 5.39. The molecule has 1 aliphatic carbocycles. The fourth-order valence-electron chi connectivity index (χ4n) is 2.53. The number of hydrogen-bond acceptors (Lipinski definition) is 3. The van der Waals surface area contributed by atoms with Gasteiger partial charge in [-0.1, -0.05) is 41.5 Å². The van der Waals surface area contributed by atoms with Crippen molar-refractivity contribution in [2.24, 2.45) is 17.3 Å². The summed E-state index contributed by atoms with van der Waals surface area (Å²) in [5.41, 5.74) is -0.00250. The minimum Gasteiger partial charge on any atom is -0.480 e. The molecule has 0 aromatic heterocycles. The number of carboxylic acid groups (broad SMARTS) is 1. The summed E-state index contributed by atoms with van der Waals surface area (Å²) in [6, 6.07) is -0.261. The van der Waals surface area contributed by atoms with Gasteiger partial charge in [-0.3, -0.25) is 4.79 Å². The van der Waals surface area contributed by atoms with E-state index in [4.69, 9.17) is 4.74 Å². The Labute approximate surface area is 116 Å². The zero-order chi connectivity index (χ0) is 14.8. The van der Waals surface area contributed by atoms with E-state index in [-0.39, 0.29) is 23.5 Å². The van der Waals surface area contributed by atoms with Gasteiger partial charge in [0.25, 0.3) is 0 Å². The van der Waals surface area contributed by atoms with E-state index in [0.717, 1.165) is 13.0 Å². The van der Waals surface area contributed by atoms with E-state index in [2.05, 4.69) is 33.0 Å². The van der Waals surface area contributed by atoms with Crippen LogP contribution in [0.15, 0.2) is 0 Å². The highest BCUT2D eigenvalue weighted by molar-refractivity contribution is 5.73. The second-order valence-corrected chi connectivity index (χ2v) is 7.05. The van der Waals surface area contributed by atoms with Gasteiger partial charge < -0.3 is 15.2 Å². The van der Waals surface area contributed by atoms with Crippen LogP contribution in [0.4, 0.5) is 0 Å². The molecule has 0 spiro atoms. The van der Waals surface area contributed by atoms with E-state index >= 15 is 0 Å². The first kappa shape index (κ1) is 16.4. The topological polar surface area (TPSA) is 58.6 Å². The molecule has 1 aliphatic rings. The largest absolute Gasteiger partial charge is 0.480 e. The van der Waals surface area contributed by atoms with Crippen molar-refractivity contribution in [2.45, 2.75) is 66.2 Å². The lowest BCUT2D eigenvalue weighted by Gasteiger charge is -2.53. The van der Waals surface area contributed by atoms with Gasteiger partial charge in [0, 0.05) is 18.1 Å². The molecule has 0 saturated heterocycles. The third-order valence-corrected chi connectivity index (χ3v) is 4.12. The van der Waals surface area contributed by atoms with E-state index in [0.29, 0.717) is 5.92 Å². The molecule has 3 unspecified atom stereocenters. The summed E-state index contributed by atoms with van der Waals surface area (Å²) in [5, 5.41) is 12.5. The lowest BCUT2D eigenvalue weighted by molar-refractivity contribution is -0.147. The van der Waals surface area contributed by atoms with Gasteiger partial charge in [-0.25, -0.2) is 0 Å². The van der Waals surface area contributed by atoms with Crippen LogP contribution in [-0.2, 0) is 9.53 Å². The third kappa shape index (κ3) is 3.93. The van der Waals surface area contributed by atoms with Crippen LogP contribution >= 0.6 is 0 Å². The lowest BCUT2D eigenvalue weighted by Crippen LogP contribution is -2.64. The number of carbonyl (C=O) groups is 1. The first-order valence-electron chi connectivity index (χ1n) is 7.26. The van der Waals surface area contributed by atoms with E-state index < -0.39 is 12.0 Å². The number of ether oxygens (including phenoxy) is 1. The average molecular weight is 271 g/mol. The zero-order valence-electron chi connectivity index (χ0n) is 13.1. The monoisotopic (exact) mass is 271 g/mol. The molecule has 0 amide bonds. The van der Waals surface area contributed by atoms with E-state index in [1.165, 1.54) is 0 Å². The van der Waals surface area contributed by atoms with Crippen LogP contribution in [0.2, 0.25) is 0 Å². The van der Waals surface area contributed by atoms with Crippen LogP contribution in [0.3, 0.4) is 0 Å². The van der Waals surface area contributed by atoms with Crippen LogP contribution in [0, 0.1) is 17.3 Å². The van der Waals surface area contributed by atoms with Gasteiger partial charge in [-0.05, 0) is 18.3 Å². The highest BCUT2D eigenvalue weighted by atomic mass is 16.5. The molecule has 2 N–H and O–H groups in total. The Hall–Kier alpha value is -0.610. The molecule has 0 radical (unpaired) electrons. The Morgan fingerprint density at radius 1 is 1.37 bits per heavy atom. The quantitative estimate of drug-likeness (QED) is 0.747. The molecule has 19 heavy (non-hydrogen) atoms. The second-order valence-electron chi connectivity index (χ2n) is 7.05. The summed E-state index contributed by atoms with van der Waals surface area (Å²) in [6.45, 7) is 13.2. The van der Waals surface area contributed by atoms with E-state index in [9.17, 15) is 9.90 Å². The molecule has 1 saturated carbocycles. The maximum absolute atomic E-state index is 11.2. The number of nitrogens with one attached hydrogen (secondary N) is 1. The number of aliphatic carboxylic acids is 1. The number of carboxylic acids is 1. The van der Waals surface area contributed by atoms with Crippen molar-refractivity contribution in [3.8, 4) is 0 Å². The SMILES string of the molecule is CC(C)COC1CC(NC(C(=O)O)C(C)C)C1(C)C. The Morgan fingerprint density at radius 3 is 2.32 bits per heavy atom. The molecule has 112 valence electrons. The predicted molar refractivity (Wildman–Crippen MR) is 76.2 cm³/mol. The average Bonchev–Trinajstić information content (AvgIpc) is 2.25. The van der Waals surface area contributed by atoms with Gasteiger partial charge in [0.2, 0.25) is 0 Å². The van der Waals surface area contributed by atoms with Crippen molar-refractivity contribution in [2.75, 3.05) is 6.61 Å². The molecule has 4 nitrogen and oxygen atoms in total. The number of rotatable bonds is 7. The molecule has 1 fully saturated rings. The lowest BCUT2D eigenvalue weighted by atomic mass is 9.64. The van der Waals surface area contributed by atoms with Crippen molar-refractivity contribution in [1.82, 2.24) is 5.32 Å². The zero-order valence-corrected chi connectivity index (χ0v) is 13.1. The molecular formula is C15H29NO3. The van der Waals surface area contributed by atoms with Gasteiger partial charge in [-0.15, -0.1) is 0 Å². The number of hydrogen-bond donors (Lipinski definition) is 2. The highest BCUT2D eigenvalue weighted by Crippen LogP contribution is 2.43. The minimum absolute atomic E-state index is 0.00250. The molecule has 3 atom stereocenters. The molecule has 4 heteroatoms. The van der Waals surface area contributed by atoms with Crippen LogP contribution < -0.4 is 5.32 Å². The Balaban J connectivity index is 2.52.